The van der Waals surface area contributed by atoms with E-state index < -0.39 is 0 Å². The molecule has 1 aliphatic rings. The van der Waals surface area contributed by atoms with E-state index in [1.807, 2.05) is 23.8 Å². The van der Waals surface area contributed by atoms with Crippen molar-refractivity contribution < 1.29 is 4.79 Å². The second kappa shape index (κ2) is 7.44. The number of likely N-dealkylation sites (tertiary alicyclic amines) is 1. The highest BCUT2D eigenvalue weighted by Gasteiger charge is 2.26. The highest BCUT2D eigenvalue weighted by Crippen LogP contribution is 2.22. The van der Waals surface area contributed by atoms with Gasteiger partial charge in [0.1, 0.15) is 12.4 Å². The quantitative estimate of drug-likeness (QED) is 0.850. The van der Waals surface area contributed by atoms with Gasteiger partial charge in [-0.2, -0.15) is 0 Å². The highest BCUT2D eigenvalue weighted by atomic mass is 16.2. The molecule has 0 spiro atoms. The Bertz CT molecular complexity index is 635. The highest BCUT2D eigenvalue weighted by molar-refractivity contribution is 5.76. The zero-order chi connectivity index (χ0) is 16.1. The third-order valence-corrected chi connectivity index (χ3v) is 4.79. The van der Waals surface area contributed by atoms with Crippen molar-refractivity contribution >= 4 is 5.91 Å². The molecule has 4 nitrogen and oxygen atoms in total. The molecule has 1 aromatic heterocycles. The molecule has 0 bridgehead atoms. The number of hydrogen-bond donors (Lipinski definition) is 0. The Morgan fingerprint density at radius 3 is 2.83 bits per heavy atom. The van der Waals surface area contributed by atoms with Crippen LogP contribution in [0.5, 0.6) is 0 Å². The van der Waals surface area contributed by atoms with Crippen LogP contribution in [-0.2, 0) is 17.8 Å². The van der Waals surface area contributed by atoms with Gasteiger partial charge in [0.05, 0.1) is 0 Å². The van der Waals surface area contributed by atoms with Crippen LogP contribution < -0.4 is 0 Å². The van der Waals surface area contributed by atoms with Gasteiger partial charge in [0.15, 0.2) is 0 Å². The summed E-state index contributed by atoms with van der Waals surface area (Å²) in [5, 5.41) is 0. The van der Waals surface area contributed by atoms with Crippen LogP contribution in [0.25, 0.3) is 0 Å². The zero-order valence-corrected chi connectivity index (χ0v) is 13.8. The number of aryl methyl sites for hydroxylation is 2. The van der Waals surface area contributed by atoms with Crippen molar-refractivity contribution in [2.45, 2.75) is 51.6 Å². The maximum Gasteiger partial charge on any atom is 0.242 e. The summed E-state index contributed by atoms with van der Waals surface area (Å²) in [5.74, 6) is 1.13. The van der Waals surface area contributed by atoms with Crippen LogP contribution in [0.3, 0.4) is 0 Å². The van der Waals surface area contributed by atoms with Crippen molar-refractivity contribution in [1.82, 2.24) is 14.5 Å². The lowest BCUT2D eigenvalue weighted by atomic mass is 9.95. The van der Waals surface area contributed by atoms with Gasteiger partial charge >= 0.3 is 0 Å². The van der Waals surface area contributed by atoms with E-state index in [1.165, 1.54) is 12.0 Å². The van der Waals surface area contributed by atoms with Crippen LogP contribution in [0.15, 0.2) is 42.7 Å². The Morgan fingerprint density at radius 2 is 2.09 bits per heavy atom. The molecule has 0 aliphatic carbocycles. The molecule has 2 aromatic rings. The summed E-state index contributed by atoms with van der Waals surface area (Å²) in [6.07, 6.45) is 9.21. The number of carbonyl (C=O) groups excluding carboxylic acids is 1. The fourth-order valence-electron chi connectivity index (χ4n) is 3.41. The molecule has 122 valence electrons. The molecule has 3 rings (SSSR count). The SMILES string of the molecule is Cc1nccn1CC(=O)N1CCCC[C@@H]1CCc1ccccc1. The van der Waals surface area contributed by atoms with Gasteiger partial charge in [-0.05, 0) is 44.6 Å². The molecular weight excluding hydrogens is 286 g/mol. The predicted octanol–water partition coefficient (Wildman–Crippen LogP) is 3.21. The molecule has 1 aliphatic heterocycles. The first-order valence-corrected chi connectivity index (χ1v) is 8.55. The lowest BCUT2D eigenvalue weighted by Gasteiger charge is -2.36. The summed E-state index contributed by atoms with van der Waals surface area (Å²) in [7, 11) is 0. The van der Waals surface area contributed by atoms with Crippen molar-refractivity contribution in [2.24, 2.45) is 0 Å². The first-order valence-electron chi connectivity index (χ1n) is 8.55. The minimum absolute atomic E-state index is 0.226. The molecule has 0 N–H and O–H groups in total. The van der Waals surface area contributed by atoms with Crippen molar-refractivity contribution in [3.63, 3.8) is 0 Å². The molecule has 0 saturated carbocycles. The Balaban J connectivity index is 1.61. The van der Waals surface area contributed by atoms with Crippen molar-refractivity contribution in [3.8, 4) is 0 Å². The number of hydrogen-bond acceptors (Lipinski definition) is 2. The number of imidazole rings is 1. The van der Waals surface area contributed by atoms with Crippen LogP contribution in [0, 0.1) is 6.92 Å². The van der Waals surface area contributed by atoms with Crippen LogP contribution in [0.2, 0.25) is 0 Å². The molecule has 4 heteroatoms. The van der Waals surface area contributed by atoms with Gasteiger partial charge in [-0.15, -0.1) is 0 Å². The molecule has 0 radical (unpaired) electrons. The van der Waals surface area contributed by atoms with E-state index in [1.54, 1.807) is 6.20 Å². The number of piperidine rings is 1. The lowest BCUT2D eigenvalue weighted by molar-refractivity contribution is -0.135. The maximum absolute atomic E-state index is 12.7. The number of carbonyl (C=O) groups is 1. The molecule has 2 heterocycles. The zero-order valence-electron chi connectivity index (χ0n) is 13.8. The fourth-order valence-corrected chi connectivity index (χ4v) is 3.41. The second-order valence-corrected chi connectivity index (χ2v) is 6.36. The predicted molar refractivity (Wildman–Crippen MR) is 91.1 cm³/mol. The van der Waals surface area contributed by atoms with Crippen molar-refractivity contribution in [1.29, 1.82) is 0 Å². The number of benzene rings is 1. The van der Waals surface area contributed by atoms with Crippen molar-refractivity contribution in [2.75, 3.05) is 6.54 Å². The number of nitrogens with zero attached hydrogens (tertiary/aromatic N) is 3. The molecule has 1 atom stereocenters. The van der Waals surface area contributed by atoms with Gasteiger partial charge in [-0.25, -0.2) is 4.98 Å². The Hall–Kier alpha value is -2.10. The van der Waals surface area contributed by atoms with Gasteiger partial charge in [0, 0.05) is 25.0 Å². The summed E-state index contributed by atoms with van der Waals surface area (Å²) in [4.78, 5) is 19.0. The van der Waals surface area contributed by atoms with E-state index >= 15 is 0 Å². The number of aromatic nitrogens is 2. The van der Waals surface area contributed by atoms with Crippen LogP contribution >= 0.6 is 0 Å². The summed E-state index contributed by atoms with van der Waals surface area (Å²) in [6, 6.07) is 10.9. The monoisotopic (exact) mass is 311 g/mol. The van der Waals surface area contributed by atoms with E-state index in [9.17, 15) is 4.79 Å². The largest absolute Gasteiger partial charge is 0.338 e. The molecular formula is C19H25N3O. The minimum atomic E-state index is 0.226. The maximum atomic E-state index is 12.7. The molecule has 1 saturated heterocycles. The van der Waals surface area contributed by atoms with E-state index in [-0.39, 0.29) is 5.91 Å². The smallest absolute Gasteiger partial charge is 0.242 e. The van der Waals surface area contributed by atoms with Crippen LogP contribution in [-0.4, -0.2) is 32.9 Å². The Kier molecular flexibility index (Phi) is 5.11. The Labute approximate surface area is 138 Å². The summed E-state index contributed by atoms with van der Waals surface area (Å²) in [5.41, 5.74) is 1.36. The molecule has 0 unspecified atom stereocenters. The molecule has 1 amide bonds. The van der Waals surface area contributed by atoms with E-state index in [4.69, 9.17) is 0 Å². The first-order chi connectivity index (χ1) is 11.2. The summed E-state index contributed by atoms with van der Waals surface area (Å²) >= 11 is 0. The fraction of sp³-hybridized carbons (Fsp3) is 0.474. The van der Waals surface area contributed by atoms with Crippen LogP contribution in [0.1, 0.15) is 37.1 Å². The third-order valence-electron chi connectivity index (χ3n) is 4.79. The average molecular weight is 311 g/mol. The van der Waals surface area contributed by atoms with Gasteiger partial charge in [-0.3, -0.25) is 4.79 Å². The van der Waals surface area contributed by atoms with E-state index in [0.717, 1.165) is 38.1 Å². The van der Waals surface area contributed by atoms with Gasteiger partial charge in [0.25, 0.3) is 0 Å². The topological polar surface area (TPSA) is 38.1 Å². The van der Waals surface area contributed by atoms with Crippen LogP contribution in [0.4, 0.5) is 0 Å². The van der Waals surface area contributed by atoms with E-state index in [2.05, 4.69) is 34.1 Å². The van der Waals surface area contributed by atoms with Crippen molar-refractivity contribution in [3.05, 3.63) is 54.1 Å². The number of rotatable bonds is 5. The first kappa shape index (κ1) is 15.8. The Morgan fingerprint density at radius 1 is 1.26 bits per heavy atom. The van der Waals surface area contributed by atoms with Gasteiger partial charge in [-0.1, -0.05) is 30.3 Å². The number of amides is 1. The van der Waals surface area contributed by atoms with E-state index in [0.29, 0.717) is 12.6 Å². The van der Waals surface area contributed by atoms with Gasteiger partial charge < -0.3 is 9.47 Å². The molecule has 1 aromatic carbocycles. The standard InChI is InChI=1S/C19H25N3O/c1-16-20-12-14-21(16)15-19(23)22-13-6-5-9-18(22)11-10-17-7-3-2-4-8-17/h2-4,7-8,12,14,18H,5-6,9-11,13,15H2,1H3/t18-/m1/s1. The molecule has 1 fully saturated rings. The third kappa shape index (κ3) is 4.01. The summed E-state index contributed by atoms with van der Waals surface area (Å²) in [6.45, 7) is 3.25. The second-order valence-electron chi connectivity index (χ2n) is 6.36. The lowest BCUT2D eigenvalue weighted by Crippen LogP contribution is -2.45. The molecule has 23 heavy (non-hydrogen) atoms. The minimum Gasteiger partial charge on any atom is -0.338 e. The summed E-state index contributed by atoms with van der Waals surface area (Å²) < 4.78 is 1.94. The average Bonchev–Trinajstić information content (AvgIpc) is 2.99. The van der Waals surface area contributed by atoms with Gasteiger partial charge in [0.2, 0.25) is 5.91 Å². The normalized spacial score (nSPS) is 18.1.